The van der Waals surface area contributed by atoms with Gasteiger partial charge in [0, 0.05) is 19.7 Å². The first kappa shape index (κ1) is 10.0. The monoisotopic (exact) mass is 156 g/mol. The Morgan fingerprint density at radius 2 is 2.18 bits per heavy atom. The van der Waals surface area contributed by atoms with Crippen molar-refractivity contribution < 1.29 is 4.74 Å². The number of rotatable bonds is 4. The Morgan fingerprint density at radius 1 is 1.55 bits per heavy atom. The van der Waals surface area contributed by atoms with Crippen LogP contribution in [-0.4, -0.2) is 31.9 Å². The van der Waals surface area contributed by atoms with Crippen molar-refractivity contribution in [1.29, 1.82) is 0 Å². The molecule has 0 aliphatic heterocycles. The molecule has 3 nitrogen and oxygen atoms in total. The van der Waals surface area contributed by atoms with Crippen molar-refractivity contribution in [3.05, 3.63) is 11.8 Å². The molecule has 0 unspecified atom stereocenters. The number of ether oxygens (including phenoxy) is 1. The second-order valence-electron chi connectivity index (χ2n) is 2.41. The molecule has 0 radical (unpaired) electrons. The summed E-state index contributed by atoms with van der Waals surface area (Å²) in [6, 6.07) is 0. The highest BCUT2D eigenvalue weighted by atomic mass is 16.5. The second-order valence-corrected chi connectivity index (χ2v) is 2.41. The highest BCUT2D eigenvalue weighted by Crippen LogP contribution is 1.89. The van der Waals surface area contributed by atoms with Crippen LogP contribution in [0, 0.1) is 0 Å². The zero-order valence-corrected chi connectivity index (χ0v) is 7.66. The van der Waals surface area contributed by atoms with E-state index in [1.165, 1.54) is 0 Å². The smallest absolute Gasteiger partial charge is 0.0873 e. The summed E-state index contributed by atoms with van der Waals surface area (Å²) in [5.74, 6) is 0. The Morgan fingerprint density at radius 3 is 2.64 bits per heavy atom. The van der Waals surface area contributed by atoms with E-state index in [0.717, 1.165) is 5.57 Å². The van der Waals surface area contributed by atoms with Gasteiger partial charge in [0.1, 0.15) is 0 Å². The zero-order chi connectivity index (χ0) is 8.69. The van der Waals surface area contributed by atoms with Gasteiger partial charge in [-0.25, -0.2) is 0 Å². The van der Waals surface area contributed by atoms with Crippen LogP contribution in [-0.2, 0) is 4.74 Å². The molecule has 0 amide bonds. The summed E-state index contributed by atoms with van der Waals surface area (Å²) in [5.41, 5.74) is 1.01. The SMILES string of the molecule is CCO/C=C(C)/C=N/N(C)C. The van der Waals surface area contributed by atoms with Gasteiger partial charge in [0.05, 0.1) is 19.1 Å². The average molecular weight is 156 g/mol. The Balaban J connectivity index is 3.75. The van der Waals surface area contributed by atoms with E-state index in [-0.39, 0.29) is 0 Å². The lowest BCUT2D eigenvalue weighted by molar-refractivity contribution is 0.267. The van der Waals surface area contributed by atoms with Crippen molar-refractivity contribution in [2.45, 2.75) is 13.8 Å². The van der Waals surface area contributed by atoms with Crippen LogP contribution < -0.4 is 0 Å². The molecule has 0 aliphatic carbocycles. The Labute approximate surface area is 68.3 Å². The molecule has 0 rings (SSSR count). The van der Waals surface area contributed by atoms with E-state index in [1.807, 2.05) is 27.9 Å². The maximum Gasteiger partial charge on any atom is 0.0873 e. The molecule has 11 heavy (non-hydrogen) atoms. The predicted octanol–water partition coefficient (Wildman–Crippen LogP) is 1.47. The molecule has 64 valence electrons. The topological polar surface area (TPSA) is 24.8 Å². The van der Waals surface area contributed by atoms with Crippen LogP contribution in [0.15, 0.2) is 16.9 Å². The van der Waals surface area contributed by atoms with Gasteiger partial charge in [0.25, 0.3) is 0 Å². The molecule has 0 spiro atoms. The Kier molecular flexibility index (Phi) is 5.25. The lowest BCUT2D eigenvalue weighted by atomic mass is 10.4. The fourth-order valence-corrected chi connectivity index (χ4v) is 0.452. The quantitative estimate of drug-likeness (QED) is 0.350. The van der Waals surface area contributed by atoms with Crippen molar-refractivity contribution in [3.63, 3.8) is 0 Å². The first-order valence-electron chi connectivity index (χ1n) is 3.66. The largest absolute Gasteiger partial charge is 0.501 e. The molecule has 0 N–H and O–H groups in total. The molecular formula is C8H16N2O. The molecule has 0 aromatic carbocycles. The van der Waals surface area contributed by atoms with Gasteiger partial charge in [-0.2, -0.15) is 5.10 Å². The maximum absolute atomic E-state index is 5.06. The van der Waals surface area contributed by atoms with Crippen LogP contribution in [0.25, 0.3) is 0 Å². The van der Waals surface area contributed by atoms with Crippen molar-refractivity contribution in [2.75, 3.05) is 20.7 Å². The third kappa shape index (κ3) is 6.90. The molecule has 0 bridgehead atoms. The highest BCUT2D eigenvalue weighted by Gasteiger charge is 1.82. The standard InChI is InChI=1S/C8H16N2O/c1-5-11-7-8(2)6-9-10(3)4/h6-7H,5H2,1-4H3/b8-7+,9-6+. The minimum absolute atomic E-state index is 0.702. The third-order valence-corrected chi connectivity index (χ3v) is 0.928. The second kappa shape index (κ2) is 5.77. The normalized spacial score (nSPS) is 12.2. The average Bonchev–Trinajstić information content (AvgIpc) is 1.97. The molecule has 0 fully saturated rings. The molecule has 0 saturated heterocycles. The van der Waals surface area contributed by atoms with Gasteiger partial charge >= 0.3 is 0 Å². The van der Waals surface area contributed by atoms with Gasteiger partial charge < -0.3 is 9.75 Å². The highest BCUT2D eigenvalue weighted by molar-refractivity contribution is 5.76. The van der Waals surface area contributed by atoms with Gasteiger partial charge in [-0.1, -0.05) is 0 Å². The summed E-state index contributed by atoms with van der Waals surface area (Å²) < 4.78 is 5.06. The van der Waals surface area contributed by atoms with E-state index in [0.29, 0.717) is 6.61 Å². The fourth-order valence-electron chi connectivity index (χ4n) is 0.452. The van der Waals surface area contributed by atoms with Crippen LogP contribution in [0.3, 0.4) is 0 Å². The molecule has 3 heteroatoms. The molecule has 0 aromatic rings. The number of hydrogen-bond donors (Lipinski definition) is 0. The van der Waals surface area contributed by atoms with Crippen LogP contribution in [0.5, 0.6) is 0 Å². The zero-order valence-electron chi connectivity index (χ0n) is 7.66. The molecule has 0 heterocycles. The Bertz CT molecular complexity index is 150. The van der Waals surface area contributed by atoms with Crippen molar-refractivity contribution in [3.8, 4) is 0 Å². The summed E-state index contributed by atoms with van der Waals surface area (Å²) in [4.78, 5) is 0. The van der Waals surface area contributed by atoms with Crippen LogP contribution in [0.2, 0.25) is 0 Å². The first-order chi connectivity index (χ1) is 5.16. The van der Waals surface area contributed by atoms with Gasteiger partial charge in [0.15, 0.2) is 0 Å². The van der Waals surface area contributed by atoms with E-state index in [2.05, 4.69) is 5.10 Å². The summed E-state index contributed by atoms with van der Waals surface area (Å²) in [5, 5.41) is 5.78. The number of nitrogens with zero attached hydrogens (tertiary/aromatic N) is 2. The summed E-state index contributed by atoms with van der Waals surface area (Å²) in [6.07, 6.45) is 3.46. The molecule has 0 saturated carbocycles. The summed E-state index contributed by atoms with van der Waals surface area (Å²) >= 11 is 0. The minimum atomic E-state index is 0.702. The molecular weight excluding hydrogens is 140 g/mol. The van der Waals surface area contributed by atoms with Gasteiger partial charge in [0.2, 0.25) is 0 Å². The van der Waals surface area contributed by atoms with Gasteiger partial charge in [-0.05, 0) is 13.8 Å². The van der Waals surface area contributed by atoms with Gasteiger partial charge in [-0.3, -0.25) is 0 Å². The lowest BCUT2D eigenvalue weighted by Crippen LogP contribution is -2.01. The van der Waals surface area contributed by atoms with E-state index < -0.39 is 0 Å². The maximum atomic E-state index is 5.06. The third-order valence-electron chi connectivity index (χ3n) is 0.928. The van der Waals surface area contributed by atoms with E-state index in [1.54, 1.807) is 17.5 Å². The van der Waals surface area contributed by atoms with Crippen molar-refractivity contribution >= 4 is 6.21 Å². The molecule has 0 atom stereocenters. The van der Waals surface area contributed by atoms with Gasteiger partial charge in [-0.15, -0.1) is 0 Å². The molecule has 0 aliphatic rings. The van der Waals surface area contributed by atoms with E-state index >= 15 is 0 Å². The number of hydrazone groups is 1. The van der Waals surface area contributed by atoms with E-state index in [9.17, 15) is 0 Å². The molecule has 0 aromatic heterocycles. The van der Waals surface area contributed by atoms with E-state index in [4.69, 9.17) is 4.74 Å². The van der Waals surface area contributed by atoms with Crippen LogP contribution >= 0.6 is 0 Å². The van der Waals surface area contributed by atoms with Crippen molar-refractivity contribution in [1.82, 2.24) is 5.01 Å². The minimum Gasteiger partial charge on any atom is -0.501 e. The fraction of sp³-hybridized carbons (Fsp3) is 0.625. The lowest BCUT2D eigenvalue weighted by Gasteiger charge is -2.02. The van der Waals surface area contributed by atoms with Crippen LogP contribution in [0.4, 0.5) is 0 Å². The Hall–Kier alpha value is -0.990. The first-order valence-corrected chi connectivity index (χ1v) is 3.66. The summed E-state index contributed by atoms with van der Waals surface area (Å²) in [6.45, 7) is 4.60. The number of allylic oxidation sites excluding steroid dienone is 1. The summed E-state index contributed by atoms with van der Waals surface area (Å²) in [7, 11) is 3.76. The predicted molar refractivity (Wildman–Crippen MR) is 47.6 cm³/mol. The number of hydrogen-bond acceptors (Lipinski definition) is 3. The van der Waals surface area contributed by atoms with Crippen LogP contribution in [0.1, 0.15) is 13.8 Å². The van der Waals surface area contributed by atoms with Crippen molar-refractivity contribution in [2.24, 2.45) is 5.10 Å².